The summed E-state index contributed by atoms with van der Waals surface area (Å²) in [5, 5.41) is 14.4. The van der Waals surface area contributed by atoms with Gasteiger partial charge in [0.05, 0.1) is 22.3 Å². The summed E-state index contributed by atoms with van der Waals surface area (Å²) in [5.74, 6) is 0.287. The number of halogens is 1. The number of rotatable bonds is 3. The number of hydrogen-bond donors (Lipinski definition) is 4. The summed E-state index contributed by atoms with van der Waals surface area (Å²) in [6.45, 7) is 4.26. The van der Waals surface area contributed by atoms with Crippen LogP contribution in [0.1, 0.15) is 31.4 Å². The zero-order valence-corrected chi connectivity index (χ0v) is 15.9. The highest BCUT2D eigenvalue weighted by molar-refractivity contribution is 6.07. The van der Waals surface area contributed by atoms with E-state index in [2.05, 4.69) is 20.9 Å². The van der Waals surface area contributed by atoms with Crippen molar-refractivity contribution in [2.45, 2.75) is 25.7 Å². The first-order chi connectivity index (χ1) is 12.7. The molecule has 4 rings (SSSR count). The van der Waals surface area contributed by atoms with E-state index in [0.29, 0.717) is 17.9 Å². The number of nitrogens with zero attached hydrogens (tertiary/aromatic N) is 2. The van der Waals surface area contributed by atoms with Gasteiger partial charge in [0.2, 0.25) is 0 Å². The Kier molecular flexibility index (Phi) is 5.67. The van der Waals surface area contributed by atoms with Crippen LogP contribution in [0.2, 0.25) is 0 Å². The number of urea groups is 1. The van der Waals surface area contributed by atoms with Gasteiger partial charge in [-0.3, -0.25) is 4.79 Å². The first kappa shape index (κ1) is 19.2. The van der Waals surface area contributed by atoms with E-state index in [4.69, 9.17) is 5.10 Å². The summed E-state index contributed by atoms with van der Waals surface area (Å²) in [7, 11) is 0. The molecular formula is C18H23ClN6O2. The zero-order valence-electron chi connectivity index (χ0n) is 15.0. The molecule has 144 valence electrons. The number of piperidine rings is 1. The van der Waals surface area contributed by atoms with Crippen LogP contribution >= 0.6 is 12.4 Å². The topological polar surface area (TPSA) is 103 Å². The van der Waals surface area contributed by atoms with Gasteiger partial charge in [-0.2, -0.15) is 5.10 Å². The van der Waals surface area contributed by atoms with Gasteiger partial charge in [0, 0.05) is 18.5 Å². The highest BCUT2D eigenvalue weighted by Gasteiger charge is 2.21. The van der Waals surface area contributed by atoms with Gasteiger partial charge in [0.15, 0.2) is 0 Å². The van der Waals surface area contributed by atoms with E-state index in [0.717, 1.165) is 42.5 Å². The Morgan fingerprint density at radius 1 is 1.33 bits per heavy atom. The SMILES string of the molecule is CCNC(=O)Nc1cccc2nn3c(C4CCNCC4)cc(=O)[nH]c3c12.Cl. The smallest absolute Gasteiger partial charge is 0.319 e. The van der Waals surface area contributed by atoms with E-state index in [-0.39, 0.29) is 29.9 Å². The van der Waals surface area contributed by atoms with Crippen molar-refractivity contribution < 1.29 is 4.79 Å². The molecule has 0 aliphatic carbocycles. The molecule has 0 spiro atoms. The Morgan fingerprint density at radius 2 is 2.11 bits per heavy atom. The maximum absolute atomic E-state index is 12.3. The van der Waals surface area contributed by atoms with Crippen molar-refractivity contribution in [1.29, 1.82) is 0 Å². The largest absolute Gasteiger partial charge is 0.338 e. The molecule has 1 aliphatic rings. The van der Waals surface area contributed by atoms with Gasteiger partial charge in [-0.1, -0.05) is 6.07 Å². The molecular weight excluding hydrogens is 368 g/mol. The number of benzene rings is 1. The summed E-state index contributed by atoms with van der Waals surface area (Å²) < 4.78 is 1.82. The lowest BCUT2D eigenvalue weighted by Crippen LogP contribution is -2.28. The first-order valence-corrected chi connectivity index (χ1v) is 8.97. The predicted octanol–water partition coefficient (Wildman–Crippen LogP) is 2.21. The fourth-order valence-corrected chi connectivity index (χ4v) is 3.63. The lowest BCUT2D eigenvalue weighted by Gasteiger charge is -2.23. The van der Waals surface area contributed by atoms with E-state index in [1.54, 1.807) is 6.07 Å². The van der Waals surface area contributed by atoms with Crippen LogP contribution in [0.15, 0.2) is 29.1 Å². The van der Waals surface area contributed by atoms with Crippen molar-refractivity contribution in [2.75, 3.05) is 25.0 Å². The number of nitrogens with one attached hydrogen (secondary N) is 4. The highest BCUT2D eigenvalue weighted by atomic mass is 35.5. The van der Waals surface area contributed by atoms with Crippen molar-refractivity contribution in [3.05, 3.63) is 40.3 Å². The van der Waals surface area contributed by atoms with Crippen LogP contribution in [0, 0.1) is 0 Å². The number of H-pyrrole nitrogens is 1. The maximum atomic E-state index is 12.3. The molecule has 0 atom stereocenters. The summed E-state index contributed by atoms with van der Waals surface area (Å²) in [4.78, 5) is 27.2. The summed E-state index contributed by atoms with van der Waals surface area (Å²) in [5.41, 5.74) is 2.75. The van der Waals surface area contributed by atoms with Crippen molar-refractivity contribution >= 4 is 40.7 Å². The third kappa shape index (κ3) is 3.63. The second-order valence-electron chi connectivity index (χ2n) is 6.53. The number of aromatic amines is 1. The van der Waals surface area contributed by atoms with Gasteiger partial charge in [-0.15, -0.1) is 12.4 Å². The Bertz CT molecular complexity index is 1020. The van der Waals surface area contributed by atoms with Crippen LogP contribution in [-0.4, -0.2) is 40.3 Å². The minimum atomic E-state index is -0.281. The fourth-order valence-electron chi connectivity index (χ4n) is 3.63. The van der Waals surface area contributed by atoms with Crippen molar-refractivity contribution in [3.63, 3.8) is 0 Å². The van der Waals surface area contributed by atoms with E-state index in [9.17, 15) is 9.59 Å². The fraction of sp³-hybridized carbons (Fsp3) is 0.389. The molecule has 4 N–H and O–H groups in total. The lowest BCUT2D eigenvalue weighted by molar-refractivity contribution is 0.252. The first-order valence-electron chi connectivity index (χ1n) is 8.97. The molecule has 1 fully saturated rings. The average Bonchev–Trinajstić information content (AvgIpc) is 3.01. The minimum absolute atomic E-state index is 0. The van der Waals surface area contributed by atoms with E-state index in [1.807, 2.05) is 29.6 Å². The monoisotopic (exact) mass is 390 g/mol. The van der Waals surface area contributed by atoms with Gasteiger partial charge in [0.1, 0.15) is 5.65 Å². The number of aromatic nitrogens is 3. The standard InChI is InChI=1S/C18H22N6O2.ClH/c1-2-20-18(26)21-12-4-3-5-13-16(12)17-22-15(25)10-14(24(17)23-13)11-6-8-19-9-7-11;/h3-5,10-11,19H,2,6-9H2,1H3,(H,22,25)(H2,20,21,26);1H. The zero-order chi connectivity index (χ0) is 18.1. The Labute approximate surface area is 162 Å². The Hall–Kier alpha value is -2.58. The molecule has 2 amide bonds. The summed E-state index contributed by atoms with van der Waals surface area (Å²) in [6, 6.07) is 6.91. The van der Waals surface area contributed by atoms with E-state index >= 15 is 0 Å². The number of carbonyl (C=O) groups is 1. The summed E-state index contributed by atoms with van der Waals surface area (Å²) >= 11 is 0. The Balaban J connectivity index is 0.00000210. The molecule has 3 aromatic rings. The van der Waals surface area contributed by atoms with Gasteiger partial charge in [-0.05, 0) is 45.0 Å². The molecule has 1 aromatic carbocycles. The molecule has 27 heavy (non-hydrogen) atoms. The molecule has 2 aromatic heterocycles. The normalized spacial score (nSPS) is 14.9. The third-order valence-corrected chi connectivity index (χ3v) is 4.81. The van der Waals surface area contributed by atoms with Crippen molar-refractivity contribution in [1.82, 2.24) is 25.2 Å². The van der Waals surface area contributed by atoms with Crippen LogP contribution in [-0.2, 0) is 0 Å². The van der Waals surface area contributed by atoms with Gasteiger partial charge < -0.3 is 20.9 Å². The number of carbonyl (C=O) groups excluding carboxylic acids is 1. The average molecular weight is 391 g/mol. The molecule has 3 heterocycles. The molecule has 9 heteroatoms. The van der Waals surface area contributed by atoms with Gasteiger partial charge in [0.25, 0.3) is 5.56 Å². The Morgan fingerprint density at radius 3 is 2.85 bits per heavy atom. The maximum Gasteiger partial charge on any atom is 0.319 e. The summed E-state index contributed by atoms with van der Waals surface area (Å²) in [6.07, 6.45) is 1.94. The molecule has 1 saturated heterocycles. The van der Waals surface area contributed by atoms with Crippen LogP contribution < -0.4 is 21.5 Å². The minimum Gasteiger partial charge on any atom is -0.338 e. The molecule has 0 unspecified atom stereocenters. The second kappa shape index (κ2) is 7.98. The van der Waals surface area contributed by atoms with Gasteiger partial charge in [-0.25, -0.2) is 9.31 Å². The molecule has 1 aliphatic heterocycles. The predicted molar refractivity (Wildman–Crippen MR) is 108 cm³/mol. The third-order valence-electron chi connectivity index (χ3n) is 4.81. The molecule has 0 bridgehead atoms. The van der Waals surface area contributed by atoms with Crippen LogP contribution in [0.25, 0.3) is 16.6 Å². The van der Waals surface area contributed by atoms with E-state index in [1.165, 1.54) is 0 Å². The van der Waals surface area contributed by atoms with Crippen LogP contribution in [0.5, 0.6) is 0 Å². The lowest BCUT2D eigenvalue weighted by atomic mass is 9.94. The van der Waals surface area contributed by atoms with Crippen LogP contribution in [0.4, 0.5) is 10.5 Å². The van der Waals surface area contributed by atoms with Crippen molar-refractivity contribution in [2.24, 2.45) is 0 Å². The number of amides is 2. The molecule has 0 radical (unpaired) electrons. The van der Waals surface area contributed by atoms with Crippen molar-refractivity contribution in [3.8, 4) is 0 Å². The van der Waals surface area contributed by atoms with Crippen LogP contribution in [0.3, 0.4) is 0 Å². The number of hydrogen-bond acceptors (Lipinski definition) is 4. The quantitative estimate of drug-likeness (QED) is 0.550. The highest BCUT2D eigenvalue weighted by Crippen LogP contribution is 2.30. The van der Waals surface area contributed by atoms with Gasteiger partial charge >= 0.3 is 6.03 Å². The second-order valence-corrected chi connectivity index (χ2v) is 6.53. The molecule has 0 saturated carbocycles. The number of fused-ring (bicyclic) bond motifs is 3. The van der Waals surface area contributed by atoms with E-state index < -0.39 is 0 Å². The number of anilines is 1. The molecule has 8 nitrogen and oxygen atoms in total.